The molecule has 0 amide bonds. The highest BCUT2D eigenvalue weighted by molar-refractivity contribution is 6.13. The number of benzene rings is 3. The van der Waals surface area contributed by atoms with E-state index in [9.17, 15) is 0 Å². The van der Waals surface area contributed by atoms with Crippen LogP contribution in [-0.2, 0) is 13.0 Å². The van der Waals surface area contributed by atoms with Crippen molar-refractivity contribution in [2.75, 3.05) is 27.6 Å². The van der Waals surface area contributed by atoms with Gasteiger partial charge in [-0.05, 0) is 82.7 Å². The number of hydrogen-bond acceptors (Lipinski definition) is 5. The lowest BCUT2D eigenvalue weighted by atomic mass is 9.85. The lowest BCUT2D eigenvalue weighted by molar-refractivity contribution is 0.174. The molecule has 28 heavy (non-hydrogen) atoms. The highest BCUT2D eigenvalue weighted by atomic mass is 16.7. The third-order valence-electron chi connectivity index (χ3n) is 6.64. The molecule has 5 heteroatoms. The minimum Gasteiger partial charge on any atom is -0.493 e. The number of methoxy groups -OCH3 is 2. The van der Waals surface area contributed by atoms with Crippen LogP contribution in [-0.4, -0.2) is 38.5 Å². The van der Waals surface area contributed by atoms with Crippen LogP contribution in [0.5, 0.6) is 23.0 Å². The Balaban J connectivity index is 1.73. The molecule has 0 unspecified atom stereocenters. The molecular formula is C23H23NO4. The van der Waals surface area contributed by atoms with Crippen LogP contribution in [0.2, 0.25) is 0 Å². The molecule has 0 aromatic heterocycles. The number of fused-ring (bicyclic) bond motifs is 8. The Morgan fingerprint density at radius 2 is 1.50 bits per heavy atom. The topological polar surface area (TPSA) is 40.2 Å². The lowest BCUT2D eigenvalue weighted by Crippen LogP contribution is -2.35. The van der Waals surface area contributed by atoms with E-state index in [0.29, 0.717) is 6.04 Å². The number of nitrogens with zero attached hydrogens (tertiary/aromatic N) is 1. The van der Waals surface area contributed by atoms with Crippen molar-refractivity contribution in [3.8, 4) is 23.0 Å². The van der Waals surface area contributed by atoms with E-state index in [4.69, 9.17) is 18.9 Å². The summed E-state index contributed by atoms with van der Waals surface area (Å²) in [6.07, 6.45) is 3.66. The molecule has 0 radical (unpaired) electrons. The molecule has 3 aromatic rings. The molecule has 1 fully saturated rings. The maximum Gasteiger partial charge on any atom is 0.231 e. The van der Waals surface area contributed by atoms with Crippen LogP contribution in [0.25, 0.3) is 21.5 Å². The van der Waals surface area contributed by atoms with E-state index < -0.39 is 0 Å². The molecule has 0 aliphatic carbocycles. The quantitative estimate of drug-likeness (QED) is 0.624. The second kappa shape index (κ2) is 5.92. The van der Waals surface area contributed by atoms with Gasteiger partial charge in [-0.3, -0.25) is 4.90 Å². The lowest BCUT2D eigenvalue weighted by Gasteiger charge is -2.33. The second-order valence-electron chi connectivity index (χ2n) is 7.93. The standard InChI is InChI=1S/C23H23NO4/c1-25-20-7-15-14-6-13-4-3-5-24(13)11-19(14)18-10-23-22(27-12-28-23)9-17(18)16(15)8-21(20)26-2/h7-10,13H,3-6,11-12H2,1-2H3/t13-/m0/s1. The van der Waals surface area contributed by atoms with Gasteiger partial charge in [-0.15, -0.1) is 0 Å². The zero-order chi connectivity index (χ0) is 18.8. The van der Waals surface area contributed by atoms with Crippen LogP contribution in [0.15, 0.2) is 24.3 Å². The summed E-state index contributed by atoms with van der Waals surface area (Å²) in [5.41, 5.74) is 2.87. The van der Waals surface area contributed by atoms with Gasteiger partial charge in [0.25, 0.3) is 0 Å². The molecule has 144 valence electrons. The third kappa shape index (κ3) is 2.17. The van der Waals surface area contributed by atoms with Crippen LogP contribution in [0.3, 0.4) is 0 Å². The molecule has 1 saturated heterocycles. The van der Waals surface area contributed by atoms with E-state index in [-0.39, 0.29) is 6.79 Å². The molecule has 1 atom stereocenters. The van der Waals surface area contributed by atoms with Crippen LogP contribution in [0, 0.1) is 0 Å². The summed E-state index contributed by atoms with van der Waals surface area (Å²) in [4.78, 5) is 2.64. The monoisotopic (exact) mass is 377 g/mol. The minimum atomic E-state index is 0.289. The third-order valence-corrected chi connectivity index (χ3v) is 6.64. The van der Waals surface area contributed by atoms with Crippen molar-refractivity contribution in [2.45, 2.75) is 31.8 Å². The predicted molar refractivity (Wildman–Crippen MR) is 108 cm³/mol. The fraction of sp³-hybridized carbons (Fsp3) is 0.391. The van der Waals surface area contributed by atoms with Gasteiger partial charge in [0.05, 0.1) is 14.2 Å². The highest BCUT2D eigenvalue weighted by Gasteiger charge is 2.33. The number of ether oxygens (including phenoxy) is 4. The Bertz CT molecular complexity index is 1120. The fourth-order valence-corrected chi connectivity index (χ4v) is 5.28. The summed E-state index contributed by atoms with van der Waals surface area (Å²) in [6.45, 7) is 2.48. The maximum absolute atomic E-state index is 5.70. The summed E-state index contributed by atoms with van der Waals surface area (Å²) in [5.74, 6) is 3.20. The smallest absolute Gasteiger partial charge is 0.231 e. The van der Waals surface area contributed by atoms with Crippen LogP contribution >= 0.6 is 0 Å². The van der Waals surface area contributed by atoms with E-state index in [1.165, 1.54) is 52.1 Å². The summed E-state index contributed by atoms with van der Waals surface area (Å²) in [6, 6.07) is 9.21. The average molecular weight is 377 g/mol. The van der Waals surface area contributed by atoms with Gasteiger partial charge in [-0.25, -0.2) is 0 Å². The first-order valence-electron chi connectivity index (χ1n) is 9.93. The van der Waals surface area contributed by atoms with Crippen molar-refractivity contribution in [2.24, 2.45) is 0 Å². The zero-order valence-electron chi connectivity index (χ0n) is 16.2. The molecule has 6 rings (SSSR count). The van der Waals surface area contributed by atoms with Crippen molar-refractivity contribution >= 4 is 21.5 Å². The Labute approximate surface area is 163 Å². The molecule has 5 nitrogen and oxygen atoms in total. The van der Waals surface area contributed by atoms with Crippen LogP contribution < -0.4 is 18.9 Å². The first kappa shape index (κ1) is 16.3. The molecule has 3 heterocycles. The van der Waals surface area contributed by atoms with Gasteiger partial charge in [-0.2, -0.15) is 0 Å². The van der Waals surface area contributed by atoms with Crippen molar-refractivity contribution in [1.82, 2.24) is 4.90 Å². The Kier molecular flexibility index (Phi) is 3.45. The van der Waals surface area contributed by atoms with Crippen molar-refractivity contribution in [3.63, 3.8) is 0 Å². The molecule has 3 aliphatic heterocycles. The summed E-state index contributed by atoms with van der Waals surface area (Å²) in [7, 11) is 3.39. The molecule has 3 aliphatic rings. The molecule has 0 bridgehead atoms. The van der Waals surface area contributed by atoms with Crippen molar-refractivity contribution in [1.29, 1.82) is 0 Å². The van der Waals surface area contributed by atoms with E-state index in [1.807, 2.05) is 0 Å². The normalized spacial score (nSPS) is 20.4. The van der Waals surface area contributed by atoms with Gasteiger partial charge in [-0.1, -0.05) is 0 Å². The fourth-order valence-electron chi connectivity index (χ4n) is 5.28. The number of rotatable bonds is 2. The van der Waals surface area contributed by atoms with Gasteiger partial charge < -0.3 is 18.9 Å². The van der Waals surface area contributed by atoms with Crippen LogP contribution in [0.1, 0.15) is 24.0 Å². The predicted octanol–water partition coefficient (Wildman–Crippen LogP) is 4.26. The van der Waals surface area contributed by atoms with E-state index >= 15 is 0 Å². The maximum atomic E-state index is 5.70. The molecule has 3 aromatic carbocycles. The highest BCUT2D eigenvalue weighted by Crippen LogP contribution is 2.46. The molecule has 0 N–H and O–H groups in total. The van der Waals surface area contributed by atoms with Crippen LogP contribution in [0.4, 0.5) is 0 Å². The second-order valence-corrected chi connectivity index (χ2v) is 7.93. The first-order chi connectivity index (χ1) is 13.8. The van der Waals surface area contributed by atoms with Gasteiger partial charge in [0.1, 0.15) is 0 Å². The largest absolute Gasteiger partial charge is 0.493 e. The molecule has 0 spiro atoms. The number of hydrogen-bond donors (Lipinski definition) is 0. The van der Waals surface area contributed by atoms with Gasteiger partial charge in [0, 0.05) is 12.6 Å². The molecule has 0 saturated carbocycles. The summed E-state index contributed by atoms with van der Waals surface area (Å²) in [5, 5.41) is 4.92. The van der Waals surface area contributed by atoms with Gasteiger partial charge in [0.2, 0.25) is 6.79 Å². The Morgan fingerprint density at radius 3 is 2.25 bits per heavy atom. The van der Waals surface area contributed by atoms with Gasteiger partial charge >= 0.3 is 0 Å². The SMILES string of the molecule is COc1cc2c3c(c4cc5c(cc4c2cc1OC)OCO5)CN1CCC[C@H]1C3. The average Bonchev–Trinajstić information content (AvgIpc) is 3.38. The first-order valence-corrected chi connectivity index (χ1v) is 9.93. The van der Waals surface area contributed by atoms with E-state index in [0.717, 1.165) is 36.0 Å². The van der Waals surface area contributed by atoms with Gasteiger partial charge in [0.15, 0.2) is 23.0 Å². The Morgan fingerprint density at radius 1 is 0.857 bits per heavy atom. The summed E-state index contributed by atoms with van der Waals surface area (Å²) >= 11 is 0. The van der Waals surface area contributed by atoms with E-state index in [2.05, 4.69) is 29.2 Å². The molecular weight excluding hydrogens is 354 g/mol. The van der Waals surface area contributed by atoms with Crippen molar-refractivity contribution in [3.05, 3.63) is 35.4 Å². The Hall–Kier alpha value is -2.66. The van der Waals surface area contributed by atoms with Crippen molar-refractivity contribution < 1.29 is 18.9 Å². The summed E-state index contributed by atoms with van der Waals surface area (Å²) < 4.78 is 22.6. The minimum absolute atomic E-state index is 0.289. The van der Waals surface area contributed by atoms with E-state index in [1.54, 1.807) is 14.2 Å². The zero-order valence-corrected chi connectivity index (χ0v) is 16.2.